The number of aliphatic carboxylic acids is 1. The molecule has 7 heteroatoms. The molecule has 5 nitrogen and oxygen atoms in total. The van der Waals surface area contributed by atoms with Crippen LogP contribution in [0.3, 0.4) is 0 Å². The molecular weight excluding hydrogens is 358 g/mol. The van der Waals surface area contributed by atoms with Gasteiger partial charge in [-0.3, -0.25) is 9.69 Å². The number of ether oxygens (including phenoxy) is 1. The maximum Gasteiger partial charge on any atom is 0.326 e. The smallest absolute Gasteiger partial charge is 0.326 e. The molecule has 0 aliphatic carbocycles. The lowest BCUT2D eigenvalue weighted by atomic mass is 10.1. The topological polar surface area (TPSA) is 66.8 Å². The zero-order valence-electron chi connectivity index (χ0n) is 14.2. The van der Waals surface area contributed by atoms with E-state index in [1.54, 1.807) is 6.08 Å². The number of rotatable bonds is 8. The van der Waals surface area contributed by atoms with Crippen molar-refractivity contribution in [2.45, 2.75) is 39.2 Å². The van der Waals surface area contributed by atoms with E-state index < -0.39 is 12.0 Å². The van der Waals surface area contributed by atoms with Crippen LogP contribution in [0.4, 0.5) is 0 Å². The fourth-order valence-electron chi connectivity index (χ4n) is 2.49. The number of hydrogen-bond donors (Lipinski definition) is 1. The first-order valence-electron chi connectivity index (χ1n) is 8.20. The van der Waals surface area contributed by atoms with Gasteiger partial charge in [0.05, 0.1) is 11.5 Å². The van der Waals surface area contributed by atoms with Crippen molar-refractivity contribution in [2.24, 2.45) is 0 Å². The molecule has 1 aliphatic heterocycles. The van der Waals surface area contributed by atoms with Crippen molar-refractivity contribution in [3.05, 3.63) is 34.7 Å². The van der Waals surface area contributed by atoms with Gasteiger partial charge in [-0.05, 0) is 37.1 Å². The van der Waals surface area contributed by atoms with E-state index >= 15 is 0 Å². The monoisotopic (exact) mass is 379 g/mol. The van der Waals surface area contributed by atoms with Crippen LogP contribution in [0.1, 0.15) is 38.7 Å². The number of carbonyl (C=O) groups excluding carboxylic acids is 1. The average molecular weight is 380 g/mol. The molecular formula is C18H21NO4S2. The molecule has 0 bridgehead atoms. The molecule has 1 aromatic carbocycles. The predicted molar refractivity (Wildman–Crippen MR) is 104 cm³/mol. The highest BCUT2D eigenvalue weighted by atomic mass is 32.2. The van der Waals surface area contributed by atoms with Crippen LogP contribution in [0.15, 0.2) is 29.2 Å². The van der Waals surface area contributed by atoms with Gasteiger partial charge < -0.3 is 9.84 Å². The van der Waals surface area contributed by atoms with E-state index in [1.165, 1.54) is 4.90 Å². The number of hydrogen-bond acceptors (Lipinski definition) is 5. The van der Waals surface area contributed by atoms with Gasteiger partial charge in [-0.1, -0.05) is 55.9 Å². The van der Waals surface area contributed by atoms with Crippen LogP contribution in [0.5, 0.6) is 5.75 Å². The Labute approximate surface area is 157 Å². The number of unbranched alkanes of at least 4 members (excludes halogenated alkanes) is 1. The van der Waals surface area contributed by atoms with Crippen molar-refractivity contribution >= 4 is 46.3 Å². The molecule has 1 N–H and O–H groups in total. The highest BCUT2D eigenvalue weighted by Crippen LogP contribution is 2.35. The van der Waals surface area contributed by atoms with E-state index in [0.717, 1.165) is 35.9 Å². The second-order valence-corrected chi connectivity index (χ2v) is 7.23. The summed E-state index contributed by atoms with van der Waals surface area (Å²) in [4.78, 5) is 25.9. The average Bonchev–Trinajstić information content (AvgIpc) is 2.84. The molecule has 134 valence electrons. The maximum absolute atomic E-state index is 12.7. The Bertz CT molecular complexity index is 685. The van der Waals surface area contributed by atoms with Gasteiger partial charge in [-0.2, -0.15) is 0 Å². The van der Waals surface area contributed by atoms with Crippen LogP contribution >= 0.6 is 24.0 Å². The standard InChI is InChI=1S/C18H21NO4S2/c1-3-5-6-14(17(21)22)19-16(20)15(25-18(19)24)11-12-7-9-13(10-8-12)23-4-2/h7-11,14H,3-6H2,1-2H3,(H,21,22)/b15-11-/t14-/m0/s1. The molecule has 1 aromatic rings. The summed E-state index contributed by atoms with van der Waals surface area (Å²) < 4.78 is 5.69. The van der Waals surface area contributed by atoms with Crippen LogP contribution in [-0.4, -0.2) is 38.9 Å². The fraction of sp³-hybridized carbons (Fsp3) is 0.389. The fourth-order valence-corrected chi connectivity index (χ4v) is 3.84. The van der Waals surface area contributed by atoms with Gasteiger partial charge in [-0.15, -0.1) is 0 Å². The number of nitrogens with zero attached hydrogens (tertiary/aromatic N) is 1. The lowest BCUT2D eigenvalue weighted by molar-refractivity contribution is -0.145. The first-order chi connectivity index (χ1) is 12.0. The molecule has 0 aromatic heterocycles. The minimum Gasteiger partial charge on any atom is -0.494 e. The number of carboxylic acid groups (broad SMARTS) is 1. The Morgan fingerprint density at radius 3 is 2.60 bits per heavy atom. The molecule has 1 aliphatic rings. The SMILES string of the molecule is CCCC[C@@H](C(=O)O)N1C(=O)/C(=C/c2ccc(OCC)cc2)SC1=S. The third-order valence-electron chi connectivity index (χ3n) is 3.74. The van der Waals surface area contributed by atoms with E-state index in [4.69, 9.17) is 17.0 Å². The highest BCUT2D eigenvalue weighted by molar-refractivity contribution is 8.26. The van der Waals surface area contributed by atoms with Gasteiger partial charge >= 0.3 is 5.97 Å². The molecule has 1 fully saturated rings. The summed E-state index contributed by atoms with van der Waals surface area (Å²) in [6.45, 7) is 4.48. The third kappa shape index (κ3) is 4.83. The highest BCUT2D eigenvalue weighted by Gasteiger charge is 2.40. The molecule has 0 unspecified atom stereocenters. The van der Waals surface area contributed by atoms with Crippen LogP contribution < -0.4 is 4.74 Å². The zero-order valence-corrected chi connectivity index (χ0v) is 15.9. The molecule has 0 radical (unpaired) electrons. The molecule has 1 atom stereocenters. The minimum absolute atomic E-state index is 0.297. The number of thioether (sulfide) groups is 1. The van der Waals surface area contributed by atoms with Gasteiger partial charge in [0, 0.05) is 0 Å². The molecule has 1 amide bonds. The molecule has 0 saturated carbocycles. The minimum atomic E-state index is -1.02. The lowest BCUT2D eigenvalue weighted by Crippen LogP contribution is -2.43. The Kier molecular flexibility index (Phi) is 7.01. The van der Waals surface area contributed by atoms with Crippen molar-refractivity contribution in [1.82, 2.24) is 4.90 Å². The summed E-state index contributed by atoms with van der Waals surface area (Å²) in [5.74, 6) is -0.600. The first-order valence-corrected chi connectivity index (χ1v) is 9.43. The third-order valence-corrected chi connectivity index (χ3v) is 5.07. The number of carbonyl (C=O) groups is 2. The van der Waals surface area contributed by atoms with Gasteiger partial charge in [0.2, 0.25) is 0 Å². The summed E-state index contributed by atoms with van der Waals surface area (Å²) in [5.41, 5.74) is 0.837. The van der Waals surface area contributed by atoms with E-state index in [9.17, 15) is 14.7 Å². The second-order valence-electron chi connectivity index (χ2n) is 5.55. The van der Waals surface area contributed by atoms with E-state index in [2.05, 4.69) is 0 Å². The number of thiocarbonyl (C=S) groups is 1. The number of amides is 1. The van der Waals surface area contributed by atoms with Crippen LogP contribution in [-0.2, 0) is 9.59 Å². The molecule has 1 saturated heterocycles. The summed E-state index contributed by atoms with van der Waals surface area (Å²) in [7, 11) is 0. The van der Waals surface area contributed by atoms with Gasteiger partial charge in [0.1, 0.15) is 16.1 Å². The van der Waals surface area contributed by atoms with Crippen molar-refractivity contribution in [3.63, 3.8) is 0 Å². The quantitative estimate of drug-likeness (QED) is 0.545. The van der Waals surface area contributed by atoms with Gasteiger partial charge in [0.25, 0.3) is 5.91 Å². The number of benzene rings is 1. The van der Waals surface area contributed by atoms with Crippen molar-refractivity contribution in [2.75, 3.05) is 6.61 Å². The molecule has 0 spiro atoms. The Morgan fingerprint density at radius 1 is 1.36 bits per heavy atom. The Morgan fingerprint density at radius 2 is 2.04 bits per heavy atom. The van der Waals surface area contributed by atoms with E-state index in [1.807, 2.05) is 38.1 Å². The summed E-state index contributed by atoms with van der Waals surface area (Å²) >= 11 is 6.40. The molecule has 2 rings (SSSR count). The second kappa shape index (κ2) is 9.01. The van der Waals surface area contributed by atoms with E-state index in [-0.39, 0.29) is 5.91 Å². The van der Waals surface area contributed by atoms with Gasteiger partial charge in [-0.25, -0.2) is 4.79 Å². The normalized spacial score (nSPS) is 17.2. The largest absolute Gasteiger partial charge is 0.494 e. The molecule has 1 heterocycles. The van der Waals surface area contributed by atoms with E-state index in [0.29, 0.717) is 22.3 Å². The lowest BCUT2D eigenvalue weighted by Gasteiger charge is -2.22. The van der Waals surface area contributed by atoms with Crippen molar-refractivity contribution in [3.8, 4) is 5.75 Å². The molecule has 25 heavy (non-hydrogen) atoms. The van der Waals surface area contributed by atoms with Crippen LogP contribution in [0.2, 0.25) is 0 Å². The van der Waals surface area contributed by atoms with Gasteiger partial charge in [0.15, 0.2) is 0 Å². The van der Waals surface area contributed by atoms with Crippen LogP contribution in [0.25, 0.3) is 6.08 Å². The van der Waals surface area contributed by atoms with Crippen LogP contribution in [0, 0.1) is 0 Å². The van der Waals surface area contributed by atoms with Crippen molar-refractivity contribution < 1.29 is 19.4 Å². The summed E-state index contributed by atoms with van der Waals surface area (Å²) in [5, 5.41) is 9.46. The first kappa shape index (κ1) is 19.5. The Hall–Kier alpha value is -1.86. The summed E-state index contributed by atoms with van der Waals surface area (Å²) in [6, 6.07) is 6.46. The van der Waals surface area contributed by atoms with Crippen molar-refractivity contribution in [1.29, 1.82) is 0 Å². The Balaban J connectivity index is 2.20. The zero-order chi connectivity index (χ0) is 18.4. The predicted octanol–water partition coefficient (Wildman–Crippen LogP) is 3.93. The summed E-state index contributed by atoms with van der Waals surface area (Å²) in [6.07, 6.45) is 3.72. The number of carboxylic acids is 1. The maximum atomic E-state index is 12.7.